The summed E-state index contributed by atoms with van der Waals surface area (Å²) >= 11 is 0. The van der Waals surface area contributed by atoms with Crippen molar-refractivity contribution in [3.63, 3.8) is 0 Å². The van der Waals surface area contributed by atoms with Crippen LogP contribution in [0.2, 0.25) is 0 Å². The summed E-state index contributed by atoms with van der Waals surface area (Å²) in [7, 11) is 0. The molecular weight excluding hydrogens is 311 g/mol. The second-order valence-corrected chi connectivity index (χ2v) is 4.75. The minimum Gasteiger partial charge on any atom is -0.391 e. The molecule has 0 bridgehead atoms. The molecule has 0 radical (unpaired) electrons. The van der Waals surface area contributed by atoms with Crippen LogP contribution in [-0.4, -0.2) is 16.1 Å². The van der Waals surface area contributed by atoms with Gasteiger partial charge in [-0.25, -0.2) is 0 Å². The number of aliphatic hydroxyl groups excluding tert-OH is 1. The fraction of sp³-hybridized carbons (Fsp3) is 0.200. The highest BCUT2D eigenvalue weighted by Crippen LogP contribution is 2.24. The molecule has 0 saturated carbocycles. The van der Waals surface area contributed by atoms with Crippen molar-refractivity contribution in [1.82, 2.24) is 0 Å². The number of benzene rings is 2. The Morgan fingerprint density at radius 1 is 1.23 bits per heavy atom. The molecule has 0 aliphatic rings. The van der Waals surface area contributed by atoms with Crippen molar-refractivity contribution in [2.45, 2.75) is 18.6 Å². The lowest BCUT2D eigenvalue weighted by Crippen LogP contribution is -2.28. The lowest BCUT2D eigenvalue weighted by Gasteiger charge is -2.19. The van der Waals surface area contributed by atoms with E-state index in [-0.39, 0.29) is 12.4 Å². The zero-order valence-corrected chi connectivity index (χ0v) is 12.4. The van der Waals surface area contributed by atoms with E-state index in [2.05, 4.69) is 0 Å². The summed E-state index contributed by atoms with van der Waals surface area (Å²) in [5.41, 5.74) is 6.49. The van der Waals surface area contributed by atoms with E-state index < -0.39 is 28.6 Å². The number of aliphatic hydroxyl groups is 1. The molecule has 2 aromatic carbocycles. The number of halogens is 2. The van der Waals surface area contributed by atoms with E-state index >= 15 is 0 Å². The Kier molecular flexibility index (Phi) is 6.42. The Morgan fingerprint density at radius 2 is 1.86 bits per heavy atom. The minimum atomic E-state index is -0.923. The first-order chi connectivity index (χ1) is 9.99. The van der Waals surface area contributed by atoms with E-state index in [9.17, 15) is 19.6 Å². The average molecular weight is 327 g/mol. The third-order valence-corrected chi connectivity index (χ3v) is 3.25. The van der Waals surface area contributed by atoms with Gasteiger partial charge in [0.05, 0.1) is 17.1 Å². The molecule has 3 N–H and O–H groups in total. The molecule has 7 heteroatoms. The standard InChI is InChI=1S/C15H15FN2O3.ClH/c16-12-7-6-11(9-13(12)18(20)21)15(17)14(19)8-10-4-2-1-3-5-10;/h1-7,9,14-15,19H,8,17H2;1H/t14-,15+;/m1./s1. The molecule has 0 fully saturated rings. The molecule has 0 aliphatic heterocycles. The van der Waals surface area contributed by atoms with Gasteiger partial charge >= 0.3 is 5.69 Å². The Balaban J connectivity index is 0.00000242. The molecule has 0 spiro atoms. The molecule has 2 rings (SSSR count). The molecule has 0 heterocycles. The Morgan fingerprint density at radius 3 is 2.45 bits per heavy atom. The number of nitro benzene ring substituents is 1. The van der Waals surface area contributed by atoms with E-state index in [0.717, 1.165) is 17.7 Å². The molecule has 0 unspecified atom stereocenters. The highest BCUT2D eigenvalue weighted by Gasteiger charge is 2.22. The lowest BCUT2D eigenvalue weighted by atomic mass is 9.96. The van der Waals surface area contributed by atoms with Crippen molar-refractivity contribution in [3.8, 4) is 0 Å². The topological polar surface area (TPSA) is 89.4 Å². The van der Waals surface area contributed by atoms with Crippen LogP contribution in [0.1, 0.15) is 17.2 Å². The third kappa shape index (κ3) is 4.24. The fourth-order valence-electron chi connectivity index (χ4n) is 2.08. The van der Waals surface area contributed by atoms with Crippen molar-refractivity contribution < 1.29 is 14.4 Å². The Bertz CT molecular complexity index is 640. The van der Waals surface area contributed by atoms with Gasteiger partial charge in [-0.3, -0.25) is 10.1 Å². The van der Waals surface area contributed by atoms with Crippen LogP contribution >= 0.6 is 12.4 Å². The first kappa shape index (κ1) is 18.0. The van der Waals surface area contributed by atoms with Crippen LogP contribution < -0.4 is 5.73 Å². The van der Waals surface area contributed by atoms with E-state index in [1.54, 1.807) is 0 Å². The Labute approximate surface area is 133 Å². The van der Waals surface area contributed by atoms with Gasteiger partial charge in [-0.05, 0) is 17.2 Å². The average Bonchev–Trinajstić information content (AvgIpc) is 2.47. The molecule has 0 aromatic heterocycles. The zero-order valence-electron chi connectivity index (χ0n) is 11.6. The van der Waals surface area contributed by atoms with E-state index in [4.69, 9.17) is 5.73 Å². The van der Waals surface area contributed by atoms with Crippen molar-refractivity contribution in [2.24, 2.45) is 5.73 Å². The molecule has 5 nitrogen and oxygen atoms in total. The van der Waals surface area contributed by atoms with Crippen LogP contribution in [0.4, 0.5) is 10.1 Å². The molecule has 0 aliphatic carbocycles. The molecular formula is C15H16ClFN2O3. The summed E-state index contributed by atoms with van der Waals surface area (Å²) in [5.74, 6) is -0.923. The van der Waals surface area contributed by atoms with Crippen LogP contribution in [0.15, 0.2) is 48.5 Å². The summed E-state index contributed by atoms with van der Waals surface area (Å²) in [6.45, 7) is 0. The van der Waals surface area contributed by atoms with E-state index in [0.29, 0.717) is 12.0 Å². The molecule has 118 valence electrons. The number of nitro groups is 1. The maximum absolute atomic E-state index is 13.3. The van der Waals surface area contributed by atoms with Crippen molar-refractivity contribution in [1.29, 1.82) is 0 Å². The normalized spacial score (nSPS) is 13.0. The summed E-state index contributed by atoms with van der Waals surface area (Å²) in [6, 6.07) is 11.8. The lowest BCUT2D eigenvalue weighted by molar-refractivity contribution is -0.387. The minimum absolute atomic E-state index is 0. The maximum atomic E-state index is 13.3. The van der Waals surface area contributed by atoms with Crippen LogP contribution in [0.25, 0.3) is 0 Å². The molecule has 2 atom stereocenters. The molecule has 0 saturated heterocycles. The Hall–Kier alpha value is -2.02. The number of rotatable bonds is 5. The van der Waals surface area contributed by atoms with E-state index in [1.807, 2.05) is 30.3 Å². The smallest absolute Gasteiger partial charge is 0.305 e. The third-order valence-electron chi connectivity index (χ3n) is 3.25. The number of nitrogens with two attached hydrogens (primary N) is 1. The van der Waals surface area contributed by atoms with Crippen LogP contribution in [0, 0.1) is 15.9 Å². The van der Waals surface area contributed by atoms with Gasteiger partial charge in [0.15, 0.2) is 0 Å². The van der Waals surface area contributed by atoms with Crippen LogP contribution in [-0.2, 0) is 6.42 Å². The predicted octanol–water partition coefficient (Wildman–Crippen LogP) is 2.76. The second kappa shape index (κ2) is 7.84. The van der Waals surface area contributed by atoms with Crippen molar-refractivity contribution in [3.05, 3.63) is 75.6 Å². The summed E-state index contributed by atoms with van der Waals surface area (Å²) in [6.07, 6.45) is -0.606. The monoisotopic (exact) mass is 326 g/mol. The van der Waals surface area contributed by atoms with Crippen molar-refractivity contribution >= 4 is 18.1 Å². The van der Waals surface area contributed by atoms with Crippen LogP contribution in [0.5, 0.6) is 0 Å². The number of hydrogen-bond acceptors (Lipinski definition) is 4. The van der Waals surface area contributed by atoms with Gasteiger partial charge in [0.1, 0.15) is 0 Å². The van der Waals surface area contributed by atoms with Gasteiger partial charge < -0.3 is 10.8 Å². The van der Waals surface area contributed by atoms with Gasteiger partial charge in [-0.2, -0.15) is 4.39 Å². The number of nitrogens with zero attached hydrogens (tertiary/aromatic N) is 1. The van der Waals surface area contributed by atoms with Gasteiger partial charge in [0, 0.05) is 12.5 Å². The molecule has 22 heavy (non-hydrogen) atoms. The maximum Gasteiger partial charge on any atom is 0.305 e. The van der Waals surface area contributed by atoms with Gasteiger partial charge in [0.25, 0.3) is 0 Å². The zero-order chi connectivity index (χ0) is 15.4. The SMILES string of the molecule is Cl.N[C@@H](c1ccc(F)c([N+](=O)[O-])c1)[C@H](O)Cc1ccccc1. The van der Waals surface area contributed by atoms with Gasteiger partial charge in [-0.1, -0.05) is 36.4 Å². The largest absolute Gasteiger partial charge is 0.391 e. The van der Waals surface area contributed by atoms with E-state index in [1.165, 1.54) is 6.07 Å². The first-order valence-electron chi connectivity index (χ1n) is 6.40. The highest BCUT2D eigenvalue weighted by atomic mass is 35.5. The first-order valence-corrected chi connectivity index (χ1v) is 6.40. The molecule has 2 aromatic rings. The second-order valence-electron chi connectivity index (χ2n) is 4.75. The van der Waals surface area contributed by atoms with Crippen molar-refractivity contribution in [2.75, 3.05) is 0 Å². The molecule has 0 amide bonds. The summed E-state index contributed by atoms with van der Waals surface area (Å²) in [5, 5.41) is 20.9. The number of hydrogen-bond donors (Lipinski definition) is 2. The fourth-order valence-corrected chi connectivity index (χ4v) is 2.08. The quantitative estimate of drug-likeness (QED) is 0.653. The van der Waals surface area contributed by atoms with Gasteiger partial charge in [0.2, 0.25) is 5.82 Å². The van der Waals surface area contributed by atoms with Gasteiger partial charge in [-0.15, -0.1) is 12.4 Å². The highest BCUT2D eigenvalue weighted by molar-refractivity contribution is 5.85. The summed E-state index contributed by atoms with van der Waals surface area (Å²) in [4.78, 5) is 9.91. The summed E-state index contributed by atoms with van der Waals surface area (Å²) < 4.78 is 13.3. The van der Waals surface area contributed by atoms with Crippen LogP contribution in [0.3, 0.4) is 0 Å². The predicted molar refractivity (Wildman–Crippen MR) is 83.4 cm³/mol.